The molecule has 0 rings (SSSR count). The molecular formula is C9H12. The molecule has 0 aromatic heterocycles. The molecule has 0 aliphatic rings. The molecule has 0 saturated carbocycles. The van der Waals surface area contributed by atoms with Crippen molar-refractivity contribution in [3.63, 3.8) is 0 Å². The first-order valence-corrected chi connectivity index (χ1v) is 3.09. The van der Waals surface area contributed by atoms with Gasteiger partial charge in [-0.1, -0.05) is 18.1 Å². The highest BCUT2D eigenvalue weighted by atomic mass is 13.7. The third-order valence-corrected chi connectivity index (χ3v) is 0.845. The summed E-state index contributed by atoms with van der Waals surface area (Å²) in [5.74, 6) is 5.95. The van der Waals surface area contributed by atoms with Crippen LogP contribution in [0, 0.1) is 11.8 Å². The molecule has 48 valence electrons. The van der Waals surface area contributed by atoms with Gasteiger partial charge in [-0.25, -0.2) is 0 Å². The van der Waals surface area contributed by atoms with Crippen LogP contribution in [0.2, 0.25) is 0 Å². The van der Waals surface area contributed by atoms with Gasteiger partial charge >= 0.3 is 0 Å². The average Bonchev–Trinajstić information content (AvgIpc) is 1.89. The van der Waals surface area contributed by atoms with Gasteiger partial charge in [-0.05, 0) is 6.42 Å². The third kappa shape index (κ3) is 7.04. The maximum Gasteiger partial charge on any atom is 0.0267 e. The van der Waals surface area contributed by atoms with Crippen LogP contribution in [0.25, 0.3) is 0 Å². The van der Waals surface area contributed by atoms with Crippen molar-refractivity contribution in [1.82, 2.24) is 0 Å². The Balaban J connectivity index is 3.14. The van der Waals surface area contributed by atoms with E-state index in [9.17, 15) is 0 Å². The fourth-order valence-corrected chi connectivity index (χ4v) is 0.407. The summed E-state index contributed by atoms with van der Waals surface area (Å²) in [5.41, 5.74) is 0. The van der Waals surface area contributed by atoms with E-state index in [0.29, 0.717) is 0 Å². The Kier molecular flexibility index (Phi) is 6.29. The van der Waals surface area contributed by atoms with Crippen LogP contribution in [0.15, 0.2) is 25.3 Å². The van der Waals surface area contributed by atoms with E-state index in [-0.39, 0.29) is 0 Å². The largest absolute Gasteiger partial charge is 0.103 e. The topological polar surface area (TPSA) is 0 Å². The maximum absolute atomic E-state index is 3.59. The van der Waals surface area contributed by atoms with Gasteiger partial charge in [0.2, 0.25) is 0 Å². The zero-order valence-corrected chi connectivity index (χ0v) is 5.69. The van der Waals surface area contributed by atoms with Gasteiger partial charge in [0, 0.05) is 12.8 Å². The Morgan fingerprint density at radius 2 is 1.89 bits per heavy atom. The van der Waals surface area contributed by atoms with Crippen LogP contribution in [-0.2, 0) is 0 Å². The van der Waals surface area contributed by atoms with Crippen LogP contribution in [0.3, 0.4) is 0 Å². The van der Waals surface area contributed by atoms with Gasteiger partial charge in [-0.3, -0.25) is 0 Å². The Morgan fingerprint density at radius 3 is 2.44 bits per heavy atom. The normalized spacial score (nSPS) is 7.11. The van der Waals surface area contributed by atoms with Crippen molar-refractivity contribution in [3.05, 3.63) is 25.3 Å². The van der Waals surface area contributed by atoms with E-state index in [4.69, 9.17) is 0 Å². The second kappa shape index (κ2) is 7.04. The van der Waals surface area contributed by atoms with E-state index in [0.717, 1.165) is 19.3 Å². The summed E-state index contributed by atoms with van der Waals surface area (Å²) in [7, 11) is 0. The predicted octanol–water partition coefficient (Wildman–Crippen LogP) is 2.53. The molecule has 0 atom stereocenters. The van der Waals surface area contributed by atoms with Gasteiger partial charge < -0.3 is 0 Å². The highest BCUT2D eigenvalue weighted by Crippen LogP contribution is 1.85. The summed E-state index contributed by atoms with van der Waals surface area (Å²) in [5, 5.41) is 0. The van der Waals surface area contributed by atoms with Crippen molar-refractivity contribution in [2.24, 2.45) is 0 Å². The number of rotatable bonds is 3. The fraction of sp³-hybridized carbons (Fsp3) is 0.333. The molecule has 0 radical (unpaired) electrons. The van der Waals surface area contributed by atoms with E-state index in [1.807, 2.05) is 6.08 Å². The predicted molar refractivity (Wildman–Crippen MR) is 42.0 cm³/mol. The number of hydrogen-bond donors (Lipinski definition) is 0. The highest BCUT2D eigenvalue weighted by molar-refractivity contribution is 5.03. The van der Waals surface area contributed by atoms with Crippen LogP contribution in [-0.4, -0.2) is 0 Å². The fourth-order valence-electron chi connectivity index (χ4n) is 0.407. The molecule has 0 heteroatoms. The van der Waals surface area contributed by atoms with Gasteiger partial charge in [-0.2, -0.15) is 0 Å². The molecule has 0 aromatic carbocycles. The maximum atomic E-state index is 3.59. The molecule has 0 aliphatic heterocycles. The Morgan fingerprint density at radius 1 is 1.11 bits per heavy atom. The van der Waals surface area contributed by atoms with E-state index in [2.05, 4.69) is 25.0 Å². The van der Waals surface area contributed by atoms with Gasteiger partial charge in [0.15, 0.2) is 0 Å². The zero-order valence-electron chi connectivity index (χ0n) is 5.69. The first-order valence-electron chi connectivity index (χ1n) is 3.09. The molecule has 0 saturated heterocycles. The smallest absolute Gasteiger partial charge is 0.0267 e. The molecule has 0 aliphatic carbocycles. The lowest BCUT2D eigenvalue weighted by Gasteiger charge is -1.77. The Labute approximate surface area is 57.3 Å². The number of unbranched alkanes of at least 4 members (excludes halogenated alkanes) is 1. The SMILES string of the molecule is C=CCC#CCCC=C. The second-order valence-corrected chi connectivity index (χ2v) is 1.67. The van der Waals surface area contributed by atoms with Crippen molar-refractivity contribution in [3.8, 4) is 11.8 Å². The monoisotopic (exact) mass is 120 g/mol. The standard InChI is InChI=1S/C9H12/c1-3-5-7-9-8-6-4-2/h3-4H,1-2,5-7H2. The minimum Gasteiger partial charge on any atom is -0.103 e. The summed E-state index contributed by atoms with van der Waals surface area (Å²) in [4.78, 5) is 0. The first kappa shape index (κ1) is 8.04. The lowest BCUT2D eigenvalue weighted by Crippen LogP contribution is -1.62. The van der Waals surface area contributed by atoms with E-state index in [1.165, 1.54) is 0 Å². The molecule has 0 heterocycles. The molecule has 0 aromatic rings. The molecule has 0 nitrogen and oxygen atoms in total. The molecule has 9 heavy (non-hydrogen) atoms. The molecule has 0 fully saturated rings. The summed E-state index contributed by atoms with van der Waals surface area (Å²) < 4.78 is 0. The van der Waals surface area contributed by atoms with Crippen molar-refractivity contribution >= 4 is 0 Å². The highest BCUT2D eigenvalue weighted by Gasteiger charge is 1.70. The van der Waals surface area contributed by atoms with Crippen molar-refractivity contribution < 1.29 is 0 Å². The van der Waals surface area contributed by atoms with Crippen LogP contribution in [0.1, 0.15) is 19.3 Å². The van der Waals surface area contributed by atoms with Gasteiger partial charge in [-0.15, -0.1) is 19.1 Å². The number of allylic oxidation sites excluding steroid dienone is 2. The van der Waals surface area contributed by atoms with Gasteiger partial charge in [0.05, 0.1) is 0 Å². The lowest BCUT2D eigenvalue weighted by molar-refractivity contribution is 1.09. The van der Waals surface area contributed by atoms with Crippen LogP contribution >= 0.6 is 0 Å². The first-order chi connectivity index (χ1) is 4.41. The molecule has 0 bridgehead atoms. The average molecular weight is 120 g/mol. The molecule has 0 N–H and O–H groups in total. The number of hydrogen-bond acceptors (Lipinski definition) is 0. The van der Waals surface area contributed by atoms with Crippen LogP contribution in [0.4, 0.5) is 0 Å². The summed E-state index contributed by atoms with van der Waals surface area (Å²) in [6, 6.07) is 0. The summed E-state index contributed by atoms with van der Waals surface area (Å²) in [6.45, 7) is 7.15. The van der Waals surface area contributed by atoms with E-state index >= 15 is 0 Å². The van der Waals surface area contributed by atoms with Crippen LogP contribution in [0.5, 0.6) is 0 Å². The molecule has 0 unspecified atom stereocenters. The minimum absolute atomic E-state index is 0.803. The van der Waals surface area contributed by atoms with E-state index in [1.54, 1.807) is 6.08 Å². The van der Waals surface area contributed by atoms with Crippen molar-refractivity contribution in [1.29, 1.82) is 0 Å². The van der Waals surface area contributed by atoms with Crippen molar-refractivity contribution in [2.45, 2.75) is 19.3 Å². The molecular weight excluding hydrogens is 108 g/mol. The minimum atomic E-state index is 0.803. The van der Waals surface area contributed by atoms with E-state index < -0.39 is 0 Å². The third-order valence-electron chi connectivity index (χ3n) is 0.845. The molecule has 0 amide bonds. The van der Waals surface area contributed by atoms with Gasteiger partial charge in [0.1, 0.15) is 0 Å². The summed E-state index contributed by atoms with van der Waals surface area (Å²) >= 11 is 0. The lowest BCUT2D eigenvalue weighted by atomic mass is 10.3. The van der Waals surface area contributed by atoms with Crippen molar-refractivity contribution in [2.75, 3.05) is 0 Å². The zero-order chi connectivity index (χ0) is 6.95. The Bertz CT molecular complexity index is 132. The van der Waals surface area contributed by atoms with Gasteiger partial charge in [0.25, 0.3) is 0 Å². The Hall–Kier alpha value is -0.960. The second-order valence-electron chi connectivity index (χ2n) is 1.67. The summed E-state index contributed by atoms with van der Waals surface area (Å²) in [6.07, 6.45) is 6.40. The molecule has 0 spiro atoms. The van der Waals surface area contributed by atoms with Crippen LogP contribution < -0.4 is 0 Å². The quantitative estimate of drug-likeness (QED) is 0.305.